The van der Waals surface area contributed by atoms with Gasteiger partial charge in [0.15, 0.2) is 0 Å². The van der Waals surface area contributed by atoms with Crippen molar-refractivity contribution in [2.24, 2.45) is 0 Å². The molecule has 1 aliphatic heterocycles. The van der Waals surface area contributed by atoms with Crippen molar-refractivity contribution in [2.75, 3.05) is 20.2 Å². The van der Waals surface area contributed by atoms with Gasteiger partial charge >= 0.3 is 0 Å². The molecule has 0 aliphatic carbocycles. The van der Waals surface area contributed by atoms with E-state index in [0.717, 1.165) is 41.2 Å². The first-order valence-corrected chi connectivity index (χ1v) is 9.85. The lowest BCUT2D eigenvalue weighted by Crippen LogP contribution is -2.42. The number of likely N-dealkylation sites (tertiary alicyclic amines) is 1. The number of carbonyl (C=O) groups excluding carboxylic acids is 1. The Bertz CT molecular complexity index is 973. The highest BCUT2D eigenvalue weighted by molar-refractivity contribution is 5.93. The third-order valence-corrected chi connectivity index (χ3v) is 5.31. The van der Waals surface area contributed by atoms with Crippen molar-refractivity contribution < 1.29 is 14.3 Å². The van der Waals surface area contributed by atoms with Gasteiger partial charge in [0.1, 0.15) is 23.3 Å². The summed E-state index contributed by atoms with van der Waals surface area (Å²) in [5, 5.41) is 7.19. The van der Waals surface area contributed by atoms with Crippen molar-refractivity contribution >= 4 is 5.91 Å². The quantitative estimate of drug-likeness (QED) is 0.712. The molecule has 2 heterocycles. The summed E-state index contributed by atoms with van der Waals surface area (Å²) >= 11 is 0. The molecule has 0 bridgehead atoms. The summed E-state index contributed by atoms with van der Waals surface area (Å²) in [6.07, 6.45) is 1.77. The van der Waals surface area contributed by atoms with Crippen LogP contribution in [0.15, 0.2) is 54.6 Å². The average molecular weight is 391 g/mol. The van der Waals surface area contributed by atoms with Crippen molar-refractivity contribution in [1.29, 1.82) is 0 Å². The lowest BCUT2D eigenvalue weighted by atomic mass is 10.1. The molecule has 0 atom stereocenters. The summed E-state index contributed by atoms with van der Waals surface area (Å²) < 4.78 is 11.3. The van der Waals surface area contributed by atoms with Crippen LogP contribution in [0.5, 0.6) is 11.5 Å². The molecule has 3 aromatic rings. The molecule has 0 unspecified atom stereocenters. The van der Waals surface area contributed by atoms with E-state index in [9.17, 15) is 4.79 Å². The molecular weight excluding hydrogens is 366 g/mol. The number of piperidine rings is 1. The Kier molecular flexibility index (Phi) is 5.51. The third-order valence-electron chi connectivity index (χ3n) is 5.31. The van der Waals surface area contributed by atoms with E-state index in [4.69, 9.17) is 9.47 Å². The SMILES string of the molecule is COc1ccc(-c2cc(C(=O)N3CCC(Oc4ccccc4C)CC3)[nH]n2)cc1. The number of aromatic amines is 1. The number of para-hydroxylation sites is 1. The van der Waals surface area contributed by atoms with Gasteiger partial charge in [-0.1, -0.05) is 18.2 Å². The van der Waals surface area contributed by atoms with Gasteiger partial charge in [0.05, 0.1) is 12.8 Å². The minimum atomic E-state index is -0.0217. The number of methoxy groups -OCH3 is 1. The topological polar surface area (TPSA) is 67.4 Å². The molecule has 1 aromatic heterocycles. The molecule has 6 heteroatoms. The van der Waals surface area contributed by atoms with Crippen LogP contribution in [0.3, 0.4) is 0 Å². The molecule has 0 radical (unpaired) electrons. The van der Waals surface area contributed by atoms with E-state index in [1.807, 2.05) is 60.4 Å². The Morgan fingerprint density at radius 2 is 1.83 bits per heavy atom. The molecule has 0 saturated carbocycles. The minimum absolute atomic E-state index is 0.0217. The fourth-order valence-electron chi connectivity index (χ4n) is 3.56. The van der Waals surface area contributed by atoms with Crippen LogP contribution in [0.25, 0.3) is 11.3 Å². The molecule has 2 aromatic carbocycles. The predicted molar refractivity (Wildman–Crippen MR) is 111 cm³/mol. The second kappa shape index (κ2) is 8.39. The maximum absolute atomic E-state index is 12.9. The Labute approximate surface area is 170 Å². The highest BCUT2D eigenvalue weighted by Gasteiger charge is 2.26. The van der Waals surface area contributed by atoms with Crippen LogP contribution in [0.1, 0.15) is 28.9 Å². The van der Waals surface area contributed by atoms with Crippen LogP contribution in [-0.4, -0.2) is 47.3 Å². The third kappa shape index (κ3) is 4.26. The number of carbonyl (C=O) groups is 1. The zero-order valence-corrected chi connectivity index (χ0v) is 16.7. The van der Waals surface area contributed by atoms with E-state index in [-0.39, 0.29) is 12.0 Å². The van der Waals surface area contributed by atoms with Gasteiger partial charge in [-0.05, 0) is 48.9 Å². The smallest absolute Gasteiger partial charge is 0.271 e. The monoisotopic (exact) mass is 391 g/mol. The summed E-state index contributed by atoms with van der Waals surface area (Å²) in [5.74, 6) is 1.69. The van der Waals surface area contributed by atoms with Crippen LogP contribution in [0.4, 0.5) is 0 Å². The number of aromatic nitrogens is 2. The van der Waals surface area contributed by atoms with Crippen molar-refractivity contribution in [2.45, 2.75) is 25.9 Å². The standard InChI is InChI=1S/C23H25N3O3/c1-16-5-3-4-6-22(16)29-19-11-13-26(14-12-19)23(27)21-15-20(24-25-21)17-7-9-18(28-2)10-8-17/h3-10,15,19H,11-14H2,1-2H3,(H,24,25). The zero-order chi connectivity index (χ0) is 20.2. The first-order chi connectivity index (χ1) is 14.1. The second-order valence-corrected chi connectivity index (χ2v) is 7.27. The van der Waals surface area contributed by atoms with Gasteiger partial charge in [0.2, 0.25) is 0 Å². The number of rotatable bonds is 5. The molecule has 29 heavy (non-hydrogen) atoms. The predicted octanol–water partition coefficient (Wildman–Crippen LogP) is 4.08. The molecular formula is C23H25N3O3. The van der Waals surface area contributed by atoms with E-state index in [0.29, 0.717) is 18.8 Å². The zero-order valence-electron chi connectivity index (χ0n) is 16.7. The maximum atomic E-state index is 12.9. The van der Waals surface area contributed by atoms with Crippen molar-refractivity contribution in [3.8, 4) is 22.8 Å². The molecule has 1 amide bonds. The molecule has 1 aliphatic rings. The lowest BCUT2D eigenvalue weighted by Gasteiger charge is -2.32. The van der Waals surface area contributed by atoms with Crippen LogP contribution in [-0.2, 0) is 0 Å². The first kappa shape index (κ1) is 19.1. The van der Waals surface area contributed by atoms with E-state index < -0.39 is 0 Å². The number of amides is 1. The fraction of sp³-hybridized carbons (Fsp3) is 0.304. The minimum Gasteiger partial charge on any atom is -0.497 e. The highest BCUT2D eigenvalue weighted by Crippen LogP contribution is 2.24. The number of nitrogens with one attached hydrogen (secondary N) is 1. The Morgan fingerprint density at radius 1 is 1.10 bits per heavy atom. The van der Waals surface area contributed by atoms with Gasteiger partial charge < -0.3 is 14.4 Å². The summed E-state index contributed by atoms with van der Waals surface area (Å²) in [6.45, 7) is 3.39. The summed E-state index contributed by atoms with van der Waals surface area (Å²) in [6, 6.07) is 17.5. The van der Waals surface area contributed by atoms with Crippen molar-refractivity contribution in [3.05, 3.63) is 65.9 Å². The summed E-state index contributed by atoms with van der Waals surface area (Å²) in [5.41, 5.74) is 3.32. The molecule has 0 spiro atoms. The van der Waals surface area contributed by atoms with Gasteiger partial charge in [-0.2, -0.15) is 5.10 Å². The number of nitrogens with zero attached hydrogens (tertiary/aromatic N) is 2. The number of ether oxygens (including phenoxy) is 2. The van der Waals surface area contributed by atoms with E-state index in [2.05, 4.69) is 10.2 Å². The number of H-pyrrole nitrogens is 1. The van der Waals surface area contributed by atoms with Crippen molar-refractivity contribution in [1.82, 2.24) is 15.1 Å². The molecule has 1 fully saturated rings. The van der Waals surface area contributed by atoms with Crippen molar-refractivity contribution in [3.63, 3.8) is 0 Å². The van der Waals surface area contributed by atoms with Gasteiger partial charge in [0, 0.05) is 31.5 Å². The van der Waals surface area contributed by atoms with E-state index in [1.54, 1.807) is 13.2 Å². The molecule has 1 saturated heterocycles. The summed E-state index contributed by atoms with van der Waals surface area (Å²) in [7, 11) is 1.63. The van der Waals surface area contributed by atoms with Gasteiger partial charge in [-0.3, -0.25) is 9.89 Å². The summed E-state index contributed by atoms with van der Waals surface area (Å²) in [4.78, 5) is 14.7. The molecule has 1 N–H and O–H groups in total. The van der Waals surface area contributed by atoms with E-state index >= 15 is 0 Å². The second-order valence-electron chi connectivity index (χ2n) is 7.27. The number of aryl methyl sites for hydroxylation is 1. The number of hydrogen-bond donors (Lipinski definition) is 1. The van der Waals surface area contributed by atoms with Gasteiger partial charge in [0.25, 0.3) is 5.91 Å². The Balaban J connectivity index is 1.36. The van der Waals surface area contributed by atoms with Gasteiger partial charge in [-0.15, -0.1) is 0 Å². The number of hydrogen-bond acceptors (Lipinski definition) is 4. The largest absolute Gasteiger partial charge is 0.497 e. The molecule has 150 valence electrons. The Hall–Kier alpha value is -3.28. The first-order valence-electron chi connectivity index (χ1n) is 9.85. The van der Waals surface area contributed by atoms with E-state index in [1.165, 1.54) is 0 Å². The fourth-order valence-corrected chi connectivity index (χ4v) is 3.56. The molecule has 6 nitrogen and oxygen atoms in total. The van der Waals surface area contributed by atoms with Crippen LogP contribution in [0, 0.1) is 6.92 Å². The highest BCUT2D eigenvalue weighted by atomic mass is 16.5. The Morgan fingerprint density at radius 3 is 2.52 bits per heavy atom. The normalized spacial score (nSPS) is 14.6. The van der Waals surface area contributed by atoms with Crippen LogP contribution in [0.2, 0.25) is 0 Å². The maximum Gasteiger partial charge on any atom is 0.271 e. The lowest BCUT2D eigenvalue weighted by molar-refractivity contribution is 0.0589. The van der Waals surface area contributed by atoms with Crippen LogP contribution >= 0.6 is 0 Å². The average Bonchev–Trinajstić information content (AvgIpc) is 3.26. The number of benzene rings is 2. The van der Waals surface area contributed by atoms with Gasteiger partial charge in [-0.25, -0.2) is 0 Å². The molecule has 4 rings (SSSR count). The van der Waals surface area contributed by atoms with Crippen LogP contribution < -0.4 is 9.47 Å².